The Morgan fingerprint density at radius 2 is 2.33 bits per heavy atom. The molecule has 1 nitrogen and oxygen atoms in total. The van der Waals surface area contributed by atoms with Crippen LogP contribution in [0.3, 0.4) is 0 Å². The molecule has 0 aromatic heterocycles. The first kappa shape index (κ1) is 7.41. The smallest absolute Gasteiger partial charge is 0.0427 e. The highest BCUT2D eigenvalue weighted by Gasteiger charge is 2.10. The number of allylic oxidation sites excluding steroid dienone is 1. The van der Waals surface area contributed by atoms with Crippen LogP contribution in [0.5, 0.6) is 0 Å². The molecule has 0 unspecified atom stereocenters. The lowest BCUT2D eigenvalue weighted by Crippen LogP contribution is -2.16. The standard InChI is InChI=1S/C11H12N/c1-9-7-12(2)8-10-5-3-4-6-11(9)10/h3-5,7H,8H2,1-2H3. The minimum Gasteiger partial charge on any atom is -0.376 e. The van der Waals surface area contributed by atoms with E-state index in [4.69, 9.17) is 0 Å². The third-order valence-electron chi connectivity index (χ3n) is 2.17. The maximum Gasteiger partial charge on any atom is 0.0427 e. The van der Waals surface area contributed by atoms with Gasteiger partial charge in [0.2, 0.25) is 0 Å². The highest BCUT2D eigenvalue weighted by Crippen LogP contribution is 2.24. The molecular formula is C11H12N. The molecule has 0 atom stereocenters. The lowest BCUT2D eigenvalue weighted by molar-refractivity contribution is 0.445. The second-order valence-corrected chi connectivity index (χ2v) is 3.30. The van der Waals surface area contributed by atoms with E-state index >= 15 is 0 Å². The summed E-state index contributed by atoms with van der Waals surface area (Å²) in [5.41, 5.74) is 3.95. The lowest BCUT2D eigenvalue weighted by Gasteiger charge is -2.23. The zero-order chi connectivity index (χ0) is 8.55. The maximum atomic E-state index is 3.26. The fraction of sp³-hybridized carbons (Fsp3) is 0.273. The Kier molecular flexibility index (Phi) is 1.65. The van der Waals surface area contributed by atoms with Crippen molar-refractivity contribution in [2.24, 2.45) is 0 Å². The Bertz CT molecular complexity index is 326. The van der Waals surface area contributed by atoms with Crippen LogP contribution >= 0.6 is 0 Å². The van der Waals surface area contributed by atoms with E-state index in [1.165, 1.54) is 16.7 Å². The molecule has 61 valence electrons. The van der Waals surface area contributed by atoms with Gasteiger partial charge < -0.3 is 4.90 Å². The van der Waals surface area contributed by atoms with Crippen LogP contribution in [0.15, 0.2) is 24.4 Å². The molecule has 1 heteroatoms. The first-order valence-electron chi connectivity index (χ1n) is 4.16. The average molecular weight is 158 g/mol. The van der Waals surface area contributed by atoms with Gasteiger partial charge in [-0.1, -0.05) is 18.2 Å². The van der Waals surface area contributed by atoms with E-state index in [0.717, 1.165) is 6.54 Å². The highest BCUT2D eigenvalue weighted by atomic mass is 15.1. The number of rotatable bonds is 0. The van der Waals surface area contributed by atoms with Gasteiger partial charge >= 0.3 is 0 Å². The predicted octanol–water partition coefficient (Wildman–Crippen LogP) is 2.29. The molecule has 0 amide bonds. The summed E-state index contributed by atoms with van der Waals surface area (Å²) in [6.45, 7) is 3.13. The summed E-state index contributed by atoms with van der Waals surface area (Å²) < 4.78 is 0. The molecule has 1 heterocycles. The van der Waals surface area contributed by atoms with Crippen molar-refractivity contribution in [3.05, 3.63) is 41.6 Å². The van der Waals surface area contributed by atoms with Gasteiger partial charge in [0, 0.05) is 19.8 Å². The van der Waals surface area contributed by atoms with E-state index in [1.807, 2.05) is 12.1 Å². The van der Waals surface area contributed by atoms with Crippen LogP contribution in [-0.2, 0) is 6.54 Å². The van der Waals surface area contributed by atoms with Crippen LogP contribution in [0.4, 0.5) is 0 Å². The normalized spacial score (nSPS) is 15.5. The van der Waals surface area contributed by atoms with Gasteiger partial charge in [-0.2, -0.15) is 0 Å². The highest BCUT2D eigenvalue weighted by molar-refractivity contribution is 5.67. The van der Waals surface area contributed by atoms with Crippen molar-refractivity contribution >= 4 is 5.57 Å². The number of nitrogens with zero attached hydrogens (tertiary/aromatic N) is 1. The first-order chi connectivity index (χ1) is 5.77. The SMILES string of the molecule is CC1=CN(C)Cc2ccc[c]c21. The van der Waals surface area contributed by atoms with Gasteiger partial charge in [-0.15, -0.1) is 0 Å². The molecule has 0 bridgehead atoms. The van der Waals surface area contributed by atoms with Gasteiger partial charge in [0.15, 0.2) is 0 Å². The van der Waals surface area contributed by atoms with Crippen molar-refractivity contribution in [1.29, 1.82) is 0 Å². The molecule has 1 aromatic carbocycles. The number of benzene rings is 1. The summed E-state index contributed by atoms with van der Waals surface area (Å²) in [5, 5.41) is 0. The Morgan fingerprint density at radius 3 is 3.17 bits per heavy atom. The van der Waals surface area contributed by atoms with E-state index in [2.05, 4.69) is 37.2 Å². The molecule has 0 N–H and O–H groups in total. The average Bonchev–Trinajstić information content (AvgIpc) is 2.04. The molecule has 12 heavy (non-hydrogen) atoms. The van der Waals surface area contributed by atoms with Crippen LogP contribution < -0.4 is 0 Å². The van der Waals surface area contributed by atoms with Crippen molar-refractivity contribution in [3.63, 3.8) is 0 Å². The molecule has 1 aliphatic heterocycles. The summed E-state index contributed by atoms with van der Waals surface area (Å²) >= 11 is 0. The molecule has 2 rings (SSSR count). The van der Waals surface area contributed by atoms with E-state index in [1.54, 1.807) is 0 Å². The predicted molar refractivity (Wildman–Crippen MR) is 50.4 cm³/mol. The number of fused-ring (bicyclic) bond motifs is 1. The maximum absolute atomic E-state index is 3.26. The molecule has 0 fully saturated rings. The van der Waals surface area contributed by atoms with Crippen LogP contribution in [0.2, 0.25) is 0 Å². The summed E-state index contributed by atoms with van der Waals surface area (Å²) in [7, 11) is 2.10. The molecule has 0 aliphatic carbocycles. The Hall–Kier alpha value is -1.24. The van der Waals surface area contributed by atoms with Gasteiger partial charge in [0.05, 0.1) is 0 Å². The van der Waals surface area contributed by atoms with Crippen LogP contribution in [0.25, 0.3) is 5.57 Å². The molecule has 1 aromatic rings. The minimum atomic E-state index is 1.00. The zero-order valence-electron chi connectivity index (χ0n) is 7.46. The van der Waals surface area contributed by atoms with Crippen molar-refractivity contribution < 1.29 is 0 Å². The van der Waals surface area contributed by atoms with E-state index in [0.29, 0.717) is 0 Å². The van der Waals surface area contributed by atoms with Crippen molar-refractivity contribution in [1.82, 2.24) is 4.90 Å². The van der Waals surface area contributed by atoms with Crippen LogP contribution in [0.1, 0.15) is 18.1 Å². The summed E-state index contributed by atoms with van der Waals surface area (Å²) in [4.78, 5) is 2.20. The van der Waals surface area contributed by atoms with Gasteiger partial charge in [0.1, 0.15) is 0 Å². The molecule has 1 aliphatic rings. The second kappa shape index (κ2) is 2.67. The van der Waals surface area contributed by atoms with E-state index in [-0.39, 0.29) is 0 Å². The lowest BCUT2D eigenvalue weighted by atomic mass is 9.98. The third kappa shape index (κ3) is 1.11. The van der Waals surface area contributed by atoms with Crippen LogP contribution in [0, 0.1) is 6.07 Å². The fourth-order valence-corrected chi connectivity index (χ4v) is 1.68. The van der Waals surface area contributed by atoms with Gasteiger partial charge in [-0.05, 0) is 29.7 Å². The molecular weight excluding hydrogens is 146 g/mol. The minimum absolute atomic E-state index is 1.00. The topological polar surface area (TPSA) is 3.24 Å². The van der Waals surface area contributed by atoms with Crippen molar-refractivity contribution in [3.8, 4) is 0 Å². The fourth-order valence-electron chi connectivity index (χ4n) is 1.68. The second-order valence-electron chi connectivity index (χ2n) is 3.30. The summed E-state index contributed by atoms with van der Waals surface area (Å²) in [6.07, 6.45) is 2.17. The molecule has 0 spiro atoms. The molecule has 1 radical (unpaired) electrons. The monoisotopic (exact) mass is 158 g/mol. The quantitative estimate of drug-likeness (QED) is 0.560. The van der Waals surface area contributed by atoms with Crippen molar-refractivity contribution in [2.45, 2.75) is 13.5 Å². The summed E-state index contributed by atoms with van der Waals surface area (Å²) in [5.74, 6) is 0. The van der Waals surface area contributed by atoms with Crippen molar-refractivity contribution in [2.75, 3.05) is 7.05 Å². The Labute approximate surface area is 73.3 Å². The van der Waals surface area contributed by atoms with Gasteiger partial charge in [0.25, 0.3) is 0 Å². The third-order valence-corrected chi connectivity index (χ3v) is 2.17. The number of hydrogen-bond donors (Lipinski definition) is 0. The van der Waals surface area contributed by atoms with E-state index in [9.17, 15) is 0 Å². The van der Waals surface area contributed by atoms with Gasteiger partial charge in [-0.25, -0.2) is 0 Å². The summed E-state index contributed by atoms with van der Waals surface area (Å²) in [6, 6.07) is 9.45. The largest absolute Gasteiger partial charge is 0.376 e. The van der Waals surface area contributed by atoms with Crippen LogP contribution in [-0.4, -0.2) is 11.9 Å². The molecule has 0 saturated carbocycles. The first-order valence-corrected chi connectivity index (χ1v) is 4.16. The Morgan fingerprint density at radius 1 is 1.50 bits per heavy atom. The van der Waals surface area contributed by atoms with E-state index < -0.39 is 0 Å². The van der Waals surface area contributed by atoms with Gasteiger partial charge in [-0.3, -0.25) is 0 Å². The molecule has 0 saturated heterocycles. The zero-order valence-corrected chi connectivity index (χ0v) is 7.46. The number of hydrogen-bond acceptors (Lipinski definition) is 1. The Balaban J connectivity index is 2.53.